The van der Waals surface area contributed by atoms with E-state index >= 15 is 0 Å². The van der Waals surface area contributed by atoms with Gasteiger partial charge in [0, 0.05) is 32.9 Å². The number of nitrogens with zero attached hydrogens (tertiary/aromatic N) is 4. The van der Waals surface area contributed by atoms with E-state index in [1.807, 2.05) is 6.07 Å². The topological polar surface area (TPSA) is 106 Å². The van der Waals surface area contributed by atoms with Crippen LogP contribution < -0.4 is 16.0 Å². The lowest BCUT2D eigenvalue weighted by molar-refractivity contribution is -0.117. The second-order valence-electron chi connectivity index (χ2n) is 6.64. The Hall–Kier alpha value is -2.74. The van der Waals surface area contributed by atoms with Gasteiger partial charge in [-0.1, -0.05) is 0 Å². The van der Waals surface area contributed by atoms with Crippen molar-refractivity contribution >= 4 is 23.4 Å². The maximum Gasteiger partial charge on any atom is 0.247 e. The maximum atomic E-state index is 12.5. The van der Waals surface area contributed by atoms with Gasteiger partial charge in [0.25, 0.3) is 0 Å². The van der Waals surface area contributed by atoms with Crippen LogP contribution in [0.1, 0.15) is 20.7 Å². The first-order valence-corrected chi connectivity index (χ1v) is 8.91. The molecule has 8 nitrogen and oxygen atoms in total. The molecule has 1 fully saturated rings. The minimum absolute atomic E-state index is 0. The zero-order chi connectivity index (χ0) is 17.9. The molecule has 2 aliphatic rings. The van der Waals surface area contributed by atoms with Crippen molar-refractivity contribution in [2.75, 3.05) is 42.3 Å². The fourth-order valence-corrected chi connectivity index (χ4v) is 3.34. The van der Waals surface area contributed by atoms with Gasteiger partial charge in [-0.25, -0.2) is 15.0 Å². The molecule has 0 radical (unpaired) electrons. The molecule has 138 valence electrons. The van der Waals surface area contributed by atoms with Crippen molar-refractivity contribution in [1.29, 1.82) is 0 Å². The van der Waals surface area contributed by atoms with Gasteiger partial charge in [-0.15, -0.1) is 0 Å². The molecule has 8 heteroatoms. The fourth-order valence-electron chi connectivity index (χ4n) is 3.34. The molecule has 1 amide bonds. The number of fused-ring (bicyclic) bond motifs is 1. The molecule has 4 heterocycles. The number of nitrogens with two attached hydrogens (primary N) is 1. The summed E-state index contributed by atoms with van der Waals surface area (Å²) in [6.07, 6.45) is 6.40. The second-order valence-corrected chi connectivity index (χ2v) is 6.64. The molecule has 0 spiro atoms. The molecular formula is C18H24N6O2. The molecule has 0 aliphatic carbocycles. The Balaban J connectivity index is 0.00000210. The van der Waals surface area contributed by atoms with Gasteiger partial charge in [-0.3, -0.25) is 9.69 Å². The van der Waals surface area contributed by atoms with Crippen molar-refractivity contribution in [3.05, 3.63) is 24.5 Å². The highest BCUT2D eigenvalue weighted by Gasteiger charge is 2.28. The molecule has 2 aromatic heterocycles. The largest absolute Gasteiger partial charge is 0.384 e. The molecular weight excluding hydrogens is 332 g/mol. The third-order valence-corrected chi connectivity index (χ3v) is 4.90. The maximum absolute atomic E-state index is 12.5. The first-order chi connectivity index (χ1) is 12.7. The van der Waals surface area contributed by atoms with Crippen molar-refractivity contribution < 1.29 is 11.0 Å². The molecule has 3 N–H and O–H groups in total. The summed E-state index contributed by atoms with van der Waals surface area (Å²) < 4.78 is 5.41. The van der Waals surface area contributed by atoms with Crippen LogP contribution >= 0.6 is 0 Å². The monoisotopic (exact) mass is 356 g/mol. The molecule has 4 rings (SSSR count). The van der Waals surface area contributed by atoms with Gasteiger partial charge >= 0.3 is 0 Å². The highest BCUT2D eigenvalue weighted by atomic mass is 16.5. The Morgan fingerprint density at radius 2 is 2.12 bits per heavy atom. The van der Waals surface area contributed by atoms with Crippen LogP contribution in [-0.2, 0) is 9.53 Å². The van der Waals surface area contributed by atoms with Crippen LogP contribution in [0.15, 0.2) is 24.5 Å². The molecule has 0 aromatic carbocycles. The Bertz CT molecular complexity index is 795. The average Bonchev–Trinajstić information content (AvgIpc) is 2.68. The van der Waals surface area contributed by atoms with E-state index in [0.717, 1.165) is 38.0 Å². The zero-order valence-corrected chi connectivity index (χ0v) is 14.5. The van der Waals surface area contributed by atoms with E-state index in [2.05, 4.69) is 20.3 Å². The van der Waals surface area contributed by atoms with Crippen molar-refractivity contribution in [2.45, 2.75) is 19.3 Å². The highest BCUT2D eigenvalue weighted by molar-refractivity contribution is 6.00. The van der Waals surface area contributed by atoms with Gasteiger partial charge < -0.3 is 15.8 Å². The summed E-state index contributed by atoms with van der Waals surface area (Å²) >= 11 is 0. The lowest BCUT2D eigenvalue weighted by Crippen LogP contribution is -2.42. The van der Waals surface area contributed by atoms with E-state index in [-0.39, 0.29) is 13.9 Å². The summed E-state index contributed by atoms with van der Waals surface area (Å²) in [5, 5.41) is 3.05. The summed E-state index contributed by atoms with van der Waals surface area (Å²) in [6.45, 7) is 2.52. The minimum atomic E-state index is 0. The van der Waals surface area contributed by atoms with Crippen molar-refractivity contribution in [3.8, 4) is 11.3 Å². The van der Waals surface area contributed by atoms with E-state index in [4.69, 9.17) is 10.5 Å². The highest BCUT2D eigenvalue weighted by Crippen LogP contribution is 2.29. The smallest absolute Gasteiger partial charge is 0.247 e. The summed E-state index contributed by atoms with van der Waals surface area (Å²) in [5.41, 5.74) is 7.13. The summed E-state index contributed by atoms with van der Waals surface area (Å²) in [6, 6.07) is 3.58. The second kappa shape index (κ2) is 7.25. The standard InChI is InChI=1S/C18H22N6O2.H2/c19-15-2-1-13(9-20-15)14-10-21-17-18(23-14)24(16(25)11-22-17)6-3-12-4-7-26-8-5-12;/h1-2,9-10,12H,3-8,11H2,(H2,19,20)(H,21,22);1H. The van der Waals surface area contributed by atoms with Crippen molar-refractivity contribution in [1.82, 2.24) is 15.0 Å². The quantitative estimate of drug-likeness (QED) is 0.862. The number of ether oxygens (including phenoxy) is 1. The Labute approximate surface area is 153 Å². The van der Waals surface area contributed by atoms with Gasteiger partial charge in [-0.2, -0.15) is 0 Å². The van der Waals surface area contributed by atoms with E-state index < -0.39 is 0 Å². The number of carbonyl (C=O) groups is 1. The number of rotatable bonds is 4. The van der Waals surface area contributed by atoms with Gasteiger partial charge in [0.15, 0.2) is 11.6 Å². The van der Waals surface area contributed by atoms with E-state index in [9.17, 15) is 4.79 Å². The fraction of sp³-hybridized carbons (Fsp3) is 0.444. The molecule has 0 saturated carbocycles. The van der Waals surface area contributed by atoms with Crippen LogP contribution in [0.4, 0.5) is 17.5 Å². The lowest BCUT2D eigenvalue weighted by Gasteiger charge is -2.30. The van der Waals surface area contributed by atoms with E-state index in [1.54, 1.807) is 23.4 Å². The molecule has 0 bridgehead atoms. The summed E-state index contributed by atoms with van der Waals surface area (Å²) in [4.78, 5) is 27.5. The number of hydrogen-bond donors (Lipinski definition) is 2. The van der Waals surface area contributed by atoms with Crippen LogP contribution in [-0.4, -0.2) is 47.2 Å². The van der Waals surface area contributed by atoms with Crippen LogP contribution in [0, 0.1) is 5.92 Å². The molecule has 26 heavy (non-hydrogen) atoms. The molecule has 0 atom stereocenters. The molecule has 2 aromatic rings. The number of anilines is 3. The van der Waals surface area contributed by atoms with Crippen molar-refractivity contribution in [3.63, 3.8) is 0 Å². The predicted octanol–water partition coefficient (Wildman–Crippen LogP) is 1.94. The number of aromatic nitrogens is 3. The number of pyridine rings is 1. The third-order valence-electron chi connectivity index (χ3n) is 4.90. The molecule has 1 saturated heterocycles. The van der Waals surface area contributed by atoms with Gasteiger partial charge in [-0.05, 0) is 37.3 Å². The number of nitrogens with one attached hydrogen (secondary N) is 1. The van der Waals surface area contributed by atoms with Gasteiger partial charge in [0.1, 0.15) is 5.82 Å². The number of hydrogen-bond acceptors (Lipinski definition) is 7. The lowest BCUT2D eigenvalue weighted by atomic mass is 9.96. The summed E-state index contributed by atoms with van der Waals surface area (Å²) in [5.74, 6) is 2.29. The number of nitrogen functional groups attached to an aromatic ring is 1. The Morgan fingerprint density at radius 3 is 2.88 bits per heavy atom. The number of amides is 1. The SMILES string of the molecule is Nc1ccc(-c2cnc3c(n2)N(CCC2CCOCC2)C(=O)CN3)cn1.[HH]. The van der Waals surface area contributed by atoms with Crippen LogP contribution in [0.2, 0.25) is 0 Å². The van der Waals surface area contributed by atoms with Crippen LogP contribution in [0.3, 0.4) is 0 Å². The van der Waals surface area contributed by atoms with E-state index in [0.29, 0.717) is 35.6 Å². The first-order valence-electron chi connectivity index (χ1n) is 8.91. The number of carbonyl (C=O) groups excluding carboxylic acids is 1. The van der Waals surface area contributed by atoms with Crippen LogP contribution in [0.5, 0.6) is 0 Å². The van der Waals surface area contributed by atoms with E-state index in [1.165, 1.54) is 0 Å². The van der Waals surface area contributed by atoms with Crippen LogP contribution in [0.25, 0.3) is 11.3 Å². The normalized spacial score (nSPS) is 17.7. The average molecular weight is 356 g/mol. The summed E-state index contributed by atoms with van der Waals surface area (Å²) in [7, 11) is 0. The molecule has 2 aliphatic heterocycles. The third kappa shape index (κ3) is 3.45. The minimum Gasteiger partial charge on any atom is -0.384 e. The Morgan fingerprint density at radius 1 is 1.27 bits per heavy atom. The van der Waals surface area contributed by atoms with Gasteiger partial charge in [0.05, 0.1) is 18.4 Å². The molecule has 0 unspecified atom stereocenters. The zero-order valence-electron chi connectivity index (χ0n) is 14.5. The van der Waals surface area contributed by atoms with Gasteiger partial charge in [0.2, 0.25) is 5.91 Å². The first kappa shape index (κ1) is 16.7. The predicted molar refractivity (Wildman–Crippen MR) is 101 cm³/mol. The Kier molecular flexibility index (Phi) is 4.66. The van der Waals surface area contributed by atoms with Crippen molar-refractivity contribution in [2.24, 2.45) is 5.92 Å².